The van der Waals surface area contributed by atoms with Crippen LogP contribution in [0.3, 0.4) is 0 Å². The molecule has 1 N–H and O–H groups in total. The number of hydrogen-bond donors (Lipinski definition) is 1. The maximum Gasteiger partial charge on any atom is 0.302 e. The minimum absolute atomic E-state index is 0.167. The number of aryl methyl sites for hydroxylation is 1. The predicted molar refractivity (Wildman–Crippen MR) is 63.4 cm³/mol. The number of anilines is 1. The minimum Gasteiger partial charge on any atom is -0.254 e. The molecule has 7 nitrogen and oxygen atoms in total. The molecule has 0 saturated heterocycles. The van der Waals surface area contributed by atoms with Crippen molar-refractivity contribution in [3.05, 3.63) is 11.8 Å². The average molecular weight is 257 g/mol. The van der Waals surface area contributed by atoms with Gasteiger partial charge in [0.2, 0.25) is 0 Å². The first-order valence-corrected chi connectivity index (χ1v) is 6.41. The number of aromatic nitrogens is 2. The van der Waals surface area contributed by atoms with Gasteiger partial charge >= 0.3 is 10.2 Å². The Balaban J connectivity index is 3.07. The molecule has 0 aliphatic heterocycles. The molecule has 0 saturated carbocycles. The van der Waals surface area contributed by atoms with Crippen molar-refractivity contribution in [2.24, 2.45) is 7.05 Å². The van der Waals surface area contributed by atoms with Gasteiger partial charge in [-0.2, -0.15) is 23.1 Å². The van der Waals surface area contributed by atoms with E-state index < -0.39 is 10.2 Å². The Morgan fingerprint density at radius 1 is 1.59 bits per heavy atom. The van der Waals surface area contributed by atoms with Crippen LogP contribution in [0.4, 0.5) is 5.82 Å². The predicted octanol–water partition coefficient (Wildman–Crippen LogP) is 0.289. The van der Waals surface area contributed by atoms with Crippen molar-refractivity contribution in [2.75, 3.05) is 11.8 Å². The van der Waals surface area contributed by atoms with E-state index in [9.17, 15) is 8.42 Å². The molecule has 0 aliphatic rings. The molecule has 1 rings (SSSR count). The van der Waals surface area contributed by atoms with E-state index >= 15 is 0 Å². The molecule has 1 aromatic heterocycles. The van der Waals surface area contributed by atoms with Gasteiger partial charge in [-0.25, -0.2) is 0 Å². The Labute approximate surface area is 101 Å². The fourth-order valence-electron chi connectivity index (χ4n) is 1.11. The Morgan fingerprint density at radius 2 is 2.18 bits per heavy atom. The lowest BCUT2D eigenvalue weighted by molar-refractivity contribution is 0.414. The van der Waals surface area contributed by atoms with Crippen molar-refractivity contribution in [1.29, 1.82) is 5.26 Å². The standard InChI is InChI=1S/C9H15N5O2S/c1-7(2)14(4)17(15,16)12-9-8(5-10)6-11-13(9)3/h6-7,12H,1-4H3. The minimum atomic E-state index is -3.67. The average Bonchev–Trinajstić information content (AvgIpc) is 2.58. The van der Waals surface area contributed by atoms with E-state index in [2.05, 4.69) is 9.82 Å². The second-order valence-corrected chi connectivity index (χ2v) is 5.59. The molecule has 0 fully saturated rings. The van der Waals surface area contributed by atoms with Crippen molar-refractivity contribution in [3.63, 3.8) is 0 Å². The van der Waals surface area contributed by atoms with Gasteiger partial charge in [0.05, 0.1) is 6.20 Å². The largest absolute Gasteiger partial charge is 0.302 e. The molecule has 0 spiro atoms. The van der Waals surface area contributed by atoms with Crippen LogP contribution >= 0.6 is 0 Å². The highest BCUT2D eigenvalue weighted by Crippen LogP contribution is 2.16. The number of nitrogens with zero attached hydrogens (tertiary/aromatic N) is 4. The summed E-state index contributed by atoms with van der Waals surface area (Å²) >= 11 is 0. The molecule has 0 amide bonds. The van der Waals surface area contributed by atoms with E-state index in [0.717, 1.165) is 0 Å². The van der Waals surface area contributed by atoms with Crippen LogP contribution in [0, 0.1) is 11.3 Å². The highest BCUT2D eigenvalue weighted by atomic mass is 32.2. The van der Waals surface area contributed by atoms with E-state index in [1.54, 1.807) is 20.9 Å². The molecular weight excluding hydrogens is 242 g/mol. The molecule has 8 heteroatoms. The first-order chi connectivity index (χ1) is 7.79. The molecule has 0 atom stereocenters. The van der Waals surface area contributed by atoms with E-state index in [0.29, 0.717) is 0 Å². The lowest BCUT2D eigenvalue weighted by Crippen LogP contribution is -2.38. The Morgan fingerprint density at radius 3 is 2.65 bits per heavy atom. The van der Waals surface area contributed by atoms with Gasteiger partial charge in [-0.3, -0.25) is 9.40 Å². The van der Waals surface area contributed by atoms with Gasteiger partial charge in [0.15, 0.2) is 5.82 Å². The van der Waals surface area contributed by atoms with Gasteiger partial charge in [-0.05, 0) is 13.8 Å². The zero-order chi connectivity index (χ0) is 13.2. The van der Waals surface area contributed by atoms with Crippen LogP contribution in [0.25, 0.3) is 0 Å². The number of hydrogen-bond acceptors (Lipinski definition) is 4. The molecule has 0 bridgehead atoms. The van der Waals surface area contributed by atoms with Crippen molar-refractivity contribution in [3.8, 4) is 6.07 Å². The van der Waals surface area contributed by atoms with Crippen molar-refractivity contribution in [1.82, 2.24) is 14.1 Å². The normalized spacial score (nSPS) is 11.8. The van der Waals surface area contributed by atoms with Crippen LogP contribution in [0.2, 0.25) is 0 Å². The van der Waals surface area contributed by atoms with Gasteiger partial charge in [0.25, 0.3) is 0 Å². The van der Waals surface area contributed by atoms with Crippen LogP contribution < -0.4 is 4.72 Å². The zero-order valence-electron chi connectivity index (χ0n) is 10.2. The summed E-state index contributed by atoms with van der Waals surface area (Å²) in [5.41, 5.74) is 0.188. The van der Waals surface area contributed by atoms with Crippen LogP contribution in [0.15, 0.2) is 6.20 Å². The highest BCUT2D eigenvalue weighted by molar-refractivity contribution is 7.90. The van der Waals surface area contributed by atoms with Crippen molar-refractivity contribution < 1.29 is 8.42 Å². The van der Waals surface area contributed by atoms with E-state index in [1.807, 2.05) is 6.07 Å². The van der Waals surface area contributed by atoms with Gasteiger partial charge in [-0.15, -0.1) is 0 Å². The molecular formula is C9H15N5O2S. The Bertz CT molecular complexity index is 540. The van der Waals surface area contributed by atoms with Gasteiger partial charge in [0.1, 0.15) is 11.6 Å². The first kappa shape index (κ1) is 13.5. The smallest absolute Gasteiger partial charge is 0.254 e. The number of nitriles is 1. The van der Waals surface area contributed by atoms with Gasteiger partial charge < -0.3 is 0 Å². The maximum absolute atomic E-state index is 11.9. The topological polar surface area (TPSA) is 91.0 Å². The third-order valence-corrected chi connectivity index (χ3v) is 4.02. The van der Waals surface area contributed by atoms with Gasteiger partial charge in [-0.1, -0.05) is 0 Å². The zero-order valence-corrected chi connectivity index (χ0v) is 11.0. The molecule has 17 heavy (non-hydrogen) atoms. The summed E-state index contributed by atoms with van der Waals surface area (Å²) in [6, 6.07) is 1.70. The first-order valence-electron chi connectivity index (χ1n) is 4.97. The fourth-order valence-corrected chi connectivity index (χ4v) is 2.30. The summed E-state index contributed by atoms with van der Waals surface area (Å²) in [5.74, 6) is 0.167. The molecule has 0 radical (unpaired) electrons. The summed E-state index contributed by atoms with van der Waals surface area (Å²) in [6.07, 6.45) is 1.31. The second kappa shape index (κ2) is 4.73. The summed E-state index contributed by atoms with van der Waals surface area (Å²) < 4.78 is 28.7. The van der Waals surface area contributed by atoms with Crippen LogP contribution in [-0.4, -0.2) is 35.6 Å². The summed E-state index contributed by atoms with van der Waals surface area (Å²) in [7, 11) is -0.635. The van der Waals surface area contributed by atoms with E-state index in [-0.39, 0.29) is 17.4 Å². The molecule has 94 valence electrons. The van der Waals surface area contributed by atoms with Gasteiger partial charge in [0, 0.05) is 20.1 Å². The SMILES string of the molecule is CC(C)N(C)S(=O)(=O)Nc1c(C#N)cnn1C. The monoisotopic (exact) mass is 257 g/mol. The van der Waals surface area contributed by atoms with Crippen molar-refractivity contribution in [2.45, 2.75) is 19.9 Å². The maximum atomic E-state index is 11.9. The molecule has 0 aliphatic carbocycles. The number of rotatable bonds is 4. The quantitative estimate of drug-likeness (QED) is 0.839. The molecule has 1 aromatic rings. The Hall–Kier alpha value is -1.59. The second-order valence-electron chi connectivity index (χ2n) is 3.86. The van der Waals surface area contributed by atoms with Crippen LogP contribution in [0.1, 0.15) is 19.4 Å². The third kappa shape index (κ3) is 2.75. The van der Waals surface area contributed by atoms with Crippen LogP contribution in [0.5, 0.6) is 0 Å². The van der Waals surface area contributed by atoms with E-state index in [1.165, 1.54) is 22.2 Å². The summed E-state index contributed by atoms with van der Waals surface area (Å²) in [4.78, 5) is 0. The highest BCUT2D eigenvalue weighted by Gasteiger charge is 2.23. The molecule has 1 heterocycles. The lowest BCUT2D eigenvalue weighted by atomic mass is 10.4. The lowest BCUT2D eigenvalue weighted by Gasteiger charge is -2.21. The van der Waals surface area contributed by atoms with Crippen LogP contribution in [-0.2, 0) is 17.3 Å². The third-order valence-electron chi connectivity index (χ3n) is 2.39. The Kier molecular flexibility index (Phi) is 3.75. The summed E-state index contributed by atoms with van der Waals surface area (Å²) in [6.45, 7) is 3.52. The van der Waals surface area contributed by atoms with Crippen molar-refractivity contribution >= 4 is 16.0 Å². The number of nitrogens with one attached hydrogen (secondary N) is 1. The molecule has 0 unspecified atom stereocenters. The summed E-state index contributed by atoms with van der Waals surface area (Å²) in [5, 5.41) is 12.6. The molecule has 0 aromatic carbocycles. The van der Waals surface area contributed by atoms with E-state index in [4.69, 9.17) is 5.26 Å². The fraction of sp³-hybridized carbons (Fsp3) is 0.556.